The number of nitrogens with zero attached hydrogens (tertiary/aromatic N) is 3. The molecule has 2 aromatic carbocycles. The number of aliphatic hydroxyl groups excluding tert-OH is 2. The average Bonchev–Trinajstić information content (AvgIpc) is 3.46. The number of imidazole rings is 1. The molecule has 0 saturated carbocycles. The Bertz CT molecular complexity index is 1440. The third kappa shape index (κ3) is 3.18. The van der Waals surface area contributed by atoms with Gasteiger partial charge in [-0.15, -0.1) is 0 Å². The molecular formula is C23H22N6O4. The highest BCUT2D eigenvalue weighted by molar-refractivity contribution is 5.80. The molecule has 2 aliphatic rings. The number of hydrogen-bond donors (Lipinski definition) is 5. The summed E-state index contributed by atoms with van der Waals surface area (Å²) in [5.41, 5.74) is 11.4. The molecule has 1 aliphatic carbocycles. The summed E-state index contributed by atoms with van der Waals surface area (Å²) in [4.78, 5) is 23.7. The zero-order chi connectivity index (χ0) is 22.7. The summed E-state index contributed by atoms with van der Waals surface area (Å²) in [5.74, 6) is 0.285. The normalized spacial score (nSPS) is 21.3. The van der Waals surface area contributed by atoms with Crippen LogP contribution in [-0.2, 0) is 11.2 Å². The van der Waals surface area contributed by atoms with Gasteiger partial charge in [-0.1, -0.05) is 30.3 Å². The minimum Gasteiger partial charge on any atom is -0.394 e. The fraction of sp³-hybridized carbons (Fsp3) is 0.261. The van der Waals surface area contributed by atoms with Gasteiger partial charge < -0.3 is 26.0 Å². The van der Waals surface area contributed by atoms with Crippen LogP contribution in [0.3, 0.4) is 0 Å². The monoisotopic (exact) mass is 446 g/mol. The van der Waals surface area contributed by atoms with E-state index in [9.17, 15) is 15.0 Å². The zero-order valence-corrected chi connectivity index (χ0v) is 17.5. The van der Waals surface area contributed by atoms with Crippen molar-refractivity contribution in [1.29, 1.82) is 0 Å². The van der Waals surface area contributed by atoms with Crippen LogP contribution in [0.1, 0.15) is 23.8 Å². The molecule has 2 aromatic heterocycles. The van der Waals surface area contributed by atoms with Crippen LogP contribution in [-0.4, -0.2) is 48.5 Å². The number of nitrogen functional groups attached to an aromatic ring is 1. The van der Waals surface area contributed by atoms with E-state index in [0.29, 0.717) is 5.95 Å². The lowest BCUT2D eigenvalue weighted by Crippen LogP contribution is -2.24. The number of fused-ring (bicyclic) bond motifs is 4. The SMILES string of the molecule is Nc1nc2c(nc(Nc3ccc4c(c3)Cc3ccccc3-4)n2C2C[C@H](O)[C@@H](CO)O2)c(=O)[nH]1. The van der Waals surface area contributed by atoms with Gasteiger partial charge in [0.05, 0.1) is 12.7 Å². The highest BCUT2D eigenvalue weighted by atomic mass is 16.5. The number of nitrogens with two attached hydrogens (primary N) is 1. The Labute approximate surface area is 187 Å². The molecule has 3 atom stereocenters. The molecule has 10 heteroatoms. The Morgan fingerprint density at radius 2 is 2.00 bits per heavy atom. The van der Waals surface area contributed by atoms with Gasteiger partial charge in [-0.25, -0.2) is 4.98 Å². The maximum Gasteiger partial charge on any atom is 0.280 e. The summed E-state index contributed by atoms with van der Waals surface area (Å²) in [6.45, 7) is -0.325. The van der Waals surface area contributed by atoms with Gasteiger partial charge >= 0.3 is 0 Å². The van der Waals surface area contributed by atoms with E-state index < -0.39 is 24.0 Å². The highest BCUT2D eigenvalue weighted by Crippen LogP contribution is 2.39. The fourth-order valence-corrected chi connectivity index (χ4v) is 4.75. The van der Waals surface area contributed by atoms with Gasteiger partial charge in [-0.05, 0) is 40.8 Å². The molecule has 1 unspecified atom stereocenters. The lowest BCUT2D eigenvalue weighted by molar-refractivity contribution is -0.0425. The summed E-state index contributed by atoms with van der Waals surface area (Å²) in [5, 5.41) is 23.0. The number of rotatable bonds is 4. The van der Waals surface area contributed by atoms with Crippen LogP contribution in [0.2, 0.25) is 0 Å². The fourth-order valence-electron chi connectivity index (χ4n) is 4.75. The second kappa shape index (κ2) is 7.41. The standard InChI is InChI=1S/C23H22N6O4/c24-22-27-20-19(21(32)28-22)26-23(29(20)18-9-16(31)17(10-30)33-18)25-13-5-6-15-12(8-13)7-11-3-1-2-4-14(11)15/h1-6,8,16-18,30-31H,7,9-10H2,(H,25,26)(H3,24,27,28,32)/t16-,17+,18?/m0/s1. The minimum absolute atomic E-state index is 0.0484. The van der Waals surface area contributed by atoms with Crippen molar-refractivity contribution in [2.45, 2.75) is 31.3 Å². The molecule has 1 fully saturated rings. The predicted molar refractivity (Wildman–Crippen MR) is 122 cm³/mol. The van der Waals surface area contributed by atoms with Crippen molar-refractivity contribution in [3.63, 3.8) is 0 Å². The van der Waals surface area contributed by atoms with Gasteiger partial charge in [-0.3, -0.25) is 14.3 Å². The second-order valence-corrected chi connectivity index (χ2v) is 8.37. The first kappa shape index (κ1) is 19.9. The summed E-state index contributed by atoms with van der Waals surface area (Å²) in [6.07, 6.45) is -1.23. The average molecular weight is 446 g/mol. The second-order valence-electron chi connectivity index (χ2n) is 8.37. The van der Waals surface area contributed by atoms with E-state index in [4.69, 9.17) is 10.5 Å². The first-order valence-corrected chi connectivity index (χ1v) is 10.7. The molecule has 3 heterocycles. The lowest BCUT2D eigenvalue weighted by atomic mass is 10.1. The lowest BCUT2D eigenvalue weighted by Gasteiger charge is -2.17. The number of benzene rings is 2. The van der Waals surface area contributed by atoms with E-state index in [0.717, 1.165) is 12.1 Å². The molecule has 0 radical (unpaired) electrons. The number of aliphatic hydroxyl groups is 2. The quantitative estimate of drug-likeness (QED) is 0.280. The smallest absolute Gasteiger partial charge is 0.280 e. The Balaban J connectivity index is 1.42. The van der Waals surface area contributed by atoms with Crippen molar-refractivity contribution in [3.05, 3.63) is 63.9 Å². The van der Waals surface area contributed by atoms with Crippen LogP contribution in [0, 0.1) is 0 Å². The van der Waals surface area contributed by atoms with Crippen LogP contribution >= 0.6 is 0 Å². The molecular weight excluding hydrogens is 424 g/mol. The molecule has 1 saturated heterocycles. The van der Waals surface area contributed by atoms with Gasteiger partial charge in [-0.2, -0.15) is 4.98 Å². The van der Waals surface area contributed by atoms with Crippen molar-refractivity contribution >= 4 is 28.7 Å². The Morgan fingerprint density at radius 1 is 1.18 bits per heavy atom. The zero-order valence-electron chi connectivity index (χ0n) is 17.5. The molecule has 0 bridgehead atoms. The van der Waals surface area contributed by atoms with Crippen LogP contribution < -0.4 is 16.6 Å². The maximum absolute atomic E-state index is 12.5. The van der Waals surface area contributed by atoms with Crippen molar-refractivity contribution in [2.75, 3.05) is 17.7 Å². The number of anilines is 3. The minimum atomic E-state index is -0.858. The number of aromatic amines is 1. The van der Waals surface area contributed by atoms with Crippen LogP contribution in [0.15, 0.2) is 47.3 Å². The third-order valence-corrected chi connectivity index (χ3v) is 6.29. The van der Waals surface area contributed by atoms with E-state index >= 15 is 0 Å². The molecule has 4 aromatic rings. The van der Waals surface area contributed by atoms with Crippen LogP contribution in [0.4, 0.5) is 17.6 Å². The summed E-state index contributed by atoms with van der Waals surface area (Å²) < 4.78 is 7.45. The van der Waals surface area contributed by atoms with Gasteiger partial charge in [0.2, 0.25) is 11.9 Å². The summed E-state index contributed by atoms with van der Waals surface area (Å²) in [7, 11) is 0. The Kier molecular flexibility index (Phi) is 4.47. The van der Waals surface area contributed by atoms with E-state index in [-0.39, 0.29) is 30.1 Å². The molecule has 168 valence electrons. The summed E-state index contributed by atoms with van der Waals surface area (Å²) >= 11 is 0. The van der Waals surface area contributed by atoms with E-state index in [1.165, 1.54) is 22.3 Å². The Morgan fingerprint density at radius 3 is 2.82 bits per heavy atom. The number of aromatic nitrogens is 4. The number of H-pyrrole nitrogens is 1. The van der Waals surface area contributed by atoms with Crippen molar-refractivity contribution in [3.8, 4) is 11.1 Å². The number of ether oxygens (including phenoxy) is 1. The predicted octanol–water partition coefficient (Wildman–Crippen LogP) is 1.66. The molecule has 33 heavy (non-hydrogen) atoms. The van der Waals surface area contributed by atoms with Crippen molar-refractivity contribution in [1.82, 2.24) is 19.5 Å². The topological polar surface area (TPSA) is 151 Å². The van der Waals surface area contributed by atoms with Crippen LogP contribution in [0.25, 0.3) is 22.3 Å². The Hall–Kier alpha value is -3.73. The first-order valence-electron chi connectivity index (χ1n) is 10.7. The van der Waals surface area contributed by atoms with E-state index in [2.05, 4.69) is 44.5 Å². The first-order chi connectivity index (χ1) is 16.0. The molecule has 6 rings (SSSR count). The van der Waals surface area contributed by atoms with Gasteiger partial charge in [0.1, 0.15) is 12.3 Å². The molecule has 0 amide bonds. The van der Waals surface area contributed by atoms with Crippen LogP contribution in [0.5, 0.6) is 0 Å². The number of hydrogen-bond acceptors (Lipinski definition) is 8. The van der Waals surface area contributed by atoms with Gasteiger partial charge in [0.15, 0.2) is 11.2 Å². The molecule has 1 aliphatic heterocycles. The van der Waals surface area contributed by atoms with E-state index in [1.54, 1.807) is 4.57 Å². The van der Waals surface area contributed by atoms with Gasteiger partial charge in [0.25, 0.3) is 5.56 Å². The van der Waals surface area contributed by atoms with Crippen molar-refractivity contribution in [2.24, 2.45) is 0 Å². The largest absolute Gasteiger partial charge is 0.394 e. The maximum atomic E-state index is 12.5. The summed E-state index contributed by atoms with van der Waals surface area (Å²) in [6, 6.07) is 14.4. The highest BCUT2D eigenvalue weighted by Gasteiger charge is 2.37. The number of nitrogens with one attached hydrogen (secondary N) is 2. The molecule has 6 N–H and O–H groups in total. The van der Waals surface area contributed by atoms with Gasteiger partial charge in [0, 0.05) is 12.1 Å². The van der Waals surface area contributed by atoms with E-state index in [1.807, 2.05) is 18.2 Å². The third-order valence-electron chi connectivity index (χ3n) is 6.29. The molecule has 0 spiro atoms. The van der Waals surface area contributed by atoms with Crippen molar-refractivity contribution < 1.29 is 14.9 Å². The molecule has 10 nitrogen and oxygen atoms in total.